The predicted molar refractivity (Wildman–Crippen MR) is 69.8 cm³/mol. The third-order valence-corrected chi connectivity index (χ3v) is 2.93. The van der Waals surface area contributed by atoms with Crippen LogP contribution < -0.4 is 5.43 Å². The lowest BCUT2D eigenvalue weighted by molar-refractivity contribution is 0.0694. The van der Waals surface area contributed by atoms with E-state index in [2.05, 4.69) is 0 Å². The van der Waals surface area contributed by atoms with Gasteiger partial charge in [-0.15, -0.1) is 0 Å². The molecule has 0 aliphatic rings. The number of hydrogen-bond donors (Lipinski definition) is 2. The van der Waals surface area contributed by atoms with E-state index in [1.807, 2.05) is 0 Å². The standard InChI is InChI=1S/C13H9ClFNO4/c14-9-3-7(1-2-10(9)15)4-16-5-8(13(19)20)12(18)11(17)6-16/h1-3,5-6,17H,4H2,(H,19,20). The summed E-state index contributed by atoms with van der Waals surface area (Å²) in [5, 5.41) is 18.2. The summed E-state index contributed by atoms with van der Waals surface area (Å²) in [6.45, 7) is 0.133. The first kappa shape index (κ1) is 14.1. The highest BCUT2D eigenvalue weighted by atomic mass is 35.5. The van der Waals surface area contributed by atoms with Crippen molar-refractivity contribution in [3.05, 3.63) is 62.8 Å². The number of carboxylic acids is 1. The molecule has 0 amide bonds. The number of nitrogens with zero attached hydrogens (tertiary/aromatic N) is 1. The second kappa shape index (κ2) is 5.34. The van der Waals surface area contributed by atoms with Crippen molar-refractivity contribution in [2.24, 2.45) is 0 Å². The summed E-state index contributed by atoms with van der Waals surface area (Å²) < 4.78 is 14.3. The number of benzene rings is 1. The summed E-state index contributed by atoms with van der Waals surface area (Å²) in [5.41, 5.74) is -0.903. The molecular formula is C13H9ClFNO4. The van der Waals surface area contributed by atoms with Crippen molar-refractivity contribution in [3.8, 4) is 5.75 Å². The van der Waals surface area contributed by atoms with Gasteiger partial charge in [0, 0.05) is 12.7 Å². The Morgan fingerprint density at radius 1 is 1.35 bits per heavy atom. The number of carboxylic acid groups (broad SMARTS) is 1. The molecule has 0 atom stereocenters. The molecule has 0 unspecified atom stereocenters. The largest absolute Gasteiger partial charge is 0.503 e. The van der Waals surface area contributed by atoms with E-state index in [0.29, 0.717) is 5.56 Å². The molecule has 0 fully saturated rings. The van der Waals surface area contributed by atoms with Gasteiger partial charge >= 0.3 is 5.97 Å². The molecule has 20 heavy (non-hydrogen) atoms. The Kier molecular flexibility index (Phi) is 3.76. The highest BCUT2D eigenvalue weighted by molar-refractivity contribution is 6.30. The minimum Gasteiger partial charge on any atom is -0.503 e. The number of aromatic hydroxyl groups is 1. The predicted octanol–water partition coefficient (Wildman–Crippen LogP) is 2.09. The summed E-state index contributed by atoms with van der Waals surface area (Å²) in [4.78, 5) is 22.3. The van der Waals surface area contributed by atoms with Gasteiger partial charge in [-0.3, -0.25) is 4.79 Å². The minimum absolute atomic E-state index is 0.0637. The molecule has 0 aliphatic carbocycles. The summed E-state index contributed by atoms with van der Waals surface area (Å²) in [6.07, 6.45) is 2.20. The van der Waals surface area contributed by atoms with E-state index in [1.165, 1.54) is 22.8 Å². The van der Waals surface area contributed by atoms with Crippen LogP contribution in [0.25, 0.3) is 0 Å². The monoisotopic (exact) mass is 297 g/mol. The third-order valence-electron chi connectivity index (χ3n) is 2.64. The maximum atomic E-state index is 13.0. The van der Waals surface area contributed by atoms with Crippen molar-refractivity contribution in [2.45, 2.75) is 6.54 Å². The van der Waals surface area contributed by atoms with Gasteiger partial charge in [-0.2, -0.15) is 0 Å². The van der Waals surface area contributed by atoms with Gasteiger partial charge in [0.1, 0.15) is 11.4 Å². The summed E-state index contributed by atoms with van der Waals surface area (Å²) in [6, 6.07) is 4.03. The van der Waals surface area contributed by atoms with Gasteiger partial charge in [0.05, 0.1) is 11.2 Å². The molecule has 0 bridgehead atoms. The van der Waals surface area contributed by atoms with Gasteiger partial charge in [0.25, 0.3) is 0 Å². The SMILES string of the molecule is O=C(O)c1cn(Cc2ccc(F)c(Cl)c2)cc(O)c1=O. The van der Waals surface area contributed by atoms with Gasteiger partial charge in [0.15, 0.2) is 5.75 Å². The number of hydrogen-bond acceptors (Lipinski definition) is 3. The first-order valence-corrected chi connectivity index (χ1v) is 5.86. The lowest BCUT2D eigenvalue weighted by Crippen LogP contribution is -2.17. The molecule has 2 N–H and O–H groups in total. The number of aromatic carboxylic acids is 1. The van der Waals surface area contributed by atoms with E-state index in [1.54, 1.807) is 0 Å². The zero-order chi connectivity index (χ0) is 14.9. The molecule has 0 aliphatic heterocycles. The minimum atomic E-state index is -1.43. The Hall–Kier alpha value is -2.34. The Bertz CT molecular complexity index is 742. The number of halogens is 2. The quantitative estimate of drug-likeness (QED) is 0.909. The van der Waals surface area contributed by atoms with Crippen LogP contribution in [0.15, 0.2) is 35.4 Å². The fraction of sp³-hybridized carbons (Fsp3) is 0.0769. The van der Waals surface area contributed by atoms with Crippen molar-refractivity contribution in [3.63, 3.8) is 0 Å². The number of rotatable bonds is 3. The summed E-state index contributed by atoms with van der Waals surface area (Å²) in [7, 11) is 0. The van der Waals surface area contributed by atoms with Crippen molar-refractivity contribution < 1.29 is 19.4 Å². The Balaban J connectivity index is 2.41. The van der Waals surface area contributed by atoms with Crippen LogP contribution in [0.2, 0.25) is 5.02 Å². The molecule has 1 aromatic carbocycles. The highest BCUT2D eigenvalue weighted by Gasteiger charge is 2.13. The van der Waals surface area contributed by atoms with E-state index in [9.17, 15) is 19.1 Å². The zero-order valence-corrected chi connectivity index (χ0v) is 10.8. The lowest BCUT2D eigenvalue weighted by Gasteiger charge is -2.09. The van der Waals surface area contributed by atoms with E-state index in [-0.39, 0.29) is 11.6 Å². The van der Waals surface area contributed by atoms with Gasteiger partial charge < -0.3 is 14.8 Å². The van der Waals surface area contributed by atoms with Crippen LogP contribution >= 0.6 is 11.6 Å². The van der Waals surface area contributed by atoms with Crippen molar-refractivity contribution in [1.82, 2.24) is 4.57 Å². The Labute approximate surface area is 117 Å². The van der Waals surface area contributed by atoms with E-state index < -0.39 is 28.5 Å². The number of aromatic nitrogens is 1. The molecule has 7 heteroatoms. The summed E-state index contributed by atoms with van der Waals surface area (Å²) >= 11 is 5.64. The molecule has 104 valence electrons. The molecule has 0 saturated carbocycles. The van der Waals surface area contributed by atoms with Crippen LogP contribution in [-0.2, 0) is 6.54 Å². The normalized spacial score (nSPS) is 10.5. The lowest BCUT2D eigenvalue weighted by atomic mass is 10.2. The van der Waals surface area contributed by atoms with Gasteiger partial charge in [-0.25, -0.2) is 9.18 Å². The maximum absolute atomic E-state index is 13.0. The first-order chi connectivity index (χ1) is 9.38. The van der Waals surface area contributed by atoms with Gasteiger partial charge in [-0.1, -0.05) is 17.7 Å². The molecule has 2 rings (SSSR count). The molecule has 1 aromatic heterocycles. The average molecular weight is 298 g/mol. The van der Waals surface area contributed by atoms with Crippen LogP contribution in [0.3, 0.4) is 0 Å². The van der Waals surface area contributed by atoms with Gasteiger partial charge in [-0.05, 0) is 17.7 Å². The third kappa shape index (κ3) is 2.80. The fourth-order valence-electron chi connectivity index (χ4n) is 1.71. The zero-order valence-electron chi connectivity index (χ0n) is 10.0. The van der Waals surface area contributed by atoms with Crippen LogP contribution in [0, 0.1) is 5.82 Å². The smallest absolute Gasteiger partial charge is 0.341 e. The first-order valence-electron chi connectivity index (χ1n) is 5.48. The molecule has 0 spiro atoms. The molecule has 5 nitrogen and oxygen atoms in total. The van der Waals surface area contributed by atoms with E-state index in [4.69, 9.17) is 16.7 Å². The van der Waals surface area contributed by atoms with Crippen LogP contribution in [0.5, 0.6) is 5.75 Å². The van der Waals surface area contributed by atoms with Crippen LogP contribution in [0.1, 0.15) is 15.9 Å². The van der Waals surface area contributed by atoms with Crippen molar-refractivity contribution >= 4 is 17.6 Å². The molecule has 0 radical (unpaired) electrons. The Morgan fingerprint density at radius 2 is 2.05 bits per heavy atom. The number of pyridine rings is 1. The second-order valence-corrected chi connectivity index (χ2v) is 4.52. The molecule has 0 saturated heterocycles. The van der Waals surface area contributed by atoms with Crippen LogP contribution in [0.4, 0.5) is 4.39 Å². The number of carbonyl (C=O) groups is 1. The van der Waals surface area contributed by atoms with E-state index >= 15 is 0 Å². The van der Waals surface area contributed by atoms with Gasteiger partial charge in [0.2, 0.25) is 5.43 Å². The maximum Gasteiger partial charge on any atom is 0.341 e. The molecule has 1 heterocycles. The highest BCUT2D eigenvalue weighted by Crippen LogP contribution is 2.17. The summed E-state index contributed by atoms with van der Waals surface area (Å²) in [5.74, 6) is -2.67. The van der Waals surface area contributed by atoms with Crippen molar-refractivity contribution in [1.29, 1.82) is 0 Å². The fourth-order valence-corrected chi connectivity index (χ4v) is 1.91. The molecule has 2 aromatic rings. The Morgan fingerprint density at radius 3 is 2.65 bits per heavy atom. The van der Waals surface area contributed by atoms with Crippen molar-refractivity contribution in [2.75, 3.05) is 0 Å². The molecular weight excluding hydrogens is 289 g/mol. The second-order valence-electron chi connectivity index (χ2n) is 4.11. The topological polar surface area (TPSA) is 79.5 Å². The van der Waals surface area contributed by atoms with Crippen LogP contribution in [-0.4, -0.2) is 20.7 Å². The van der Waals surface area contributed by atoms with E-state index in [0.717, 1.165) is 12.4 Å². The average Bonchev–Trinajstić information content (AvgIpc) is 2.37.